The Bertz CT molecular complexity index is 1050. The van der Waals surface area contributed by atoms with Crippen molar-refractivity contribution in [3.05, 3.63) is 59.2 Å². The Kier molecular flexibility index (Phi) is 7.60. The first-order valence-corrected chi connectivity index (χ1v) is 10.8. The number of amides is 1. The van der Waals surface area contributed by atoms with Crippen LogP contribution in [0.25, 0.3) is 5.76 Å². The molecule has 0 aliphatic carbocycles. The molecule has 1 atom stereocenters. The SMILES string of the molecule is CCOc1ccc(C2C(=C(O)c3ccc(OC)cc3O)C(=O)C(=O)N2CCCN(C)C)cc1. The first-order valence-electron chi connectivity index (χ1n) is 10.8. The van der Waals surface area contributed by atoms with Crippen LogP contribution in [0.2, 0.25) is 0 Å². The van der Waals surface area contributed by atoms with Gasteiger partial charge in [0.05, 0.1) is 30.9 Å². The summed E-state index contributed by atoms with van der Waals surface area (Å²) in [5.41, 5.74) is 0.657. The minimum atomic E-state index is -0.788. The lowest BCUT2D eigenvalue weighted by Gasteiger charge is -2.26. The van der Waals surface area contributed by atoms with Crippen LogP contribution in [0.5, 0.6) is 17.2 Å². The third kappa shape index (κ3) is 5.12. The third-order valence-corrected chi connectivity index (χ3v) is 5.51. The van der Waals surface area contributed by atoms with Gasteiger partial charge < -0.3 is 29.5 Å². The molecular formula is C25H30N2O6. The molecule has 2 N–H and O–H groups in total. The molecule has 2 aromatic rings. The van der Waals surface area contributed by atoms with E-state index in [4.69, 9.17) is 9.47 Å². The number of carbonyl (C=O) groups excluding carboxylic acids is 2. The maximum Gasteiger partial charge on any atom is 0.295 e. The molecule has 1 heterocycles. The lowest BCUT2D eigenvalue weighted by atomic mass is 9.95. The molecule has 3 rings (SSSR count). The highest BCUT2D eigenvalue weighted by atomic mass is 16.5. The number of rotatable bonds is 9. The molecule has 1 unspecified atom stereocenters. The van der Waals surface area contributed by atoms with E-state index in [0.29, 0.717) is 36.6 Å². The Labute approximate surface area is 193 Å². The highest BCUT2D eigenvalue weighted by Crippen LogP contribution is 2.41. The number of phenolic OH excluding ortho intramolecular Hbond substituents is 1. The number of aliphatic hydroxyl groups excluding tert-OH is 1. The van der Waals surface area contributed by atoms with Crippen LogP contribution in [-0.4, -0.2) is 72.6 Å². The van der Waals surface area contributed by atoms with Gasteiger partial charge in [-0.3, -0.25) is 9.59 Å². The van der Waals surface area contributed by atoms with Crippen LogP contribution in [0.4, 0.5) is 0 Å². The van der Waals surface area contributed by atoms with Crippen LogP contribution in [0.15, 0.2) is 48.0 Å². The summed E-state index contributed by atoms with van der Waals surface area (Å²) in [7, 11) is 5.33. The van der Waals surface area contributed by atoms with Gasteiger partial charge >= 0.3 is 0 Å². The molecule has 1 amide bonds. The number of ether oxygens (including phenoxy) is 2. The molecule has 1 saturated heterocycles. The molecule has 0 bridgehead atoms. The van der Waals surface area contributed by atoms with Crippen molar-refractivity contribution < 1.29 is 29.3 Å². The van der Waals surface area contributed by atoms with Gasteiger partial charge in [-0.1, -0.05) is 12.1 Å². The fourth-order valence-corrected chi connectivity index (χ4v) is 3.91. The molecule has 0 saturated carbocycles. The first kappa shape index (κ1) is 24.1. The number of Topliss-reactive ketones (excluding diaryl/α,β-unsaturated/α-hetero) is 1. The number of nitrogens with zero attached hydrogens (tertiary/aromatic N) is 2. The summed E-state index contributed by atoms with van der Waals surface area (Å²) in [6.45, 7) is 3.47. The maximum absolute atomic E-state index is 13.1. The molecule has 0 aromatic heterocycles. The predicted octanol–water partition coefficient (Wildman–Crippen LogP) is 3.17. The fourth-order valence-electron chi connectivity index (χ4n) is 3.91. The first-order chi connectivity index (χ1) is 15.8. The van der Waals surface area contributed by atoms with Gasteiger partial charge in [0, 0.05) is 12.6 Å². The van der Waals surface area contributed by atoms with Crippen molar-refractivity contribution in [1.82, 2.24) is 9.80 Å². The van der Waals surface area contributed by atoms with E-state index in [1.54, 1.807) is 30.3 Å². The van der Waals surface area contributed by atoms with E-state index in [1.165, 1.54) is 24.1 Å². The maximum atomic E-state index is 13.1. The van der Waals surface area contributed by atoms with Crippen molar-refractivity contribution in [3.8, 4) is 17.2 Å². The number of methoxy groups -OCH3 is 1. The molecule has 8 heteroatoms. The number of ketones is 1. The molecule has 1 aliphatic rings. The molecule has 176 valence electrons. The van der Waals surface area contributed by atoms with E-state index in [1.807, 2.05) is 25.9 Å². The number of benzene rings is 2. The van der Waals surface area contributed by atoms with Gasteiger partial charge in [0.25, 0.3) is 11.7 Å². The molecule has 8 nitrogen and oxygen atoms in total. The second-order valence-corrected chi connectivity index (χ2v) is 8.03. The van der Waals surface area contributed by atoms with E-state index >= 15 is 0 Å². The van der Waals surface area contributed by atoms with Crippen LogP contribution in [-0.2, 0) is 9.59 Å². The van der Waals surface area contributed by atoms with Crippen molar-refractivity contribution >= 4 is 17.4 Å². The van der Waals surface area contributed by atoms with Crippen molar-refractivity contribution in [1.29, 1.82) is 0 Å². The average molecular weight is 455 g/mol. The zero-order valence-corrected chi connectivity index (χ0v) is 19.4. The Hall–Kier alpha value is -3.52. The number of hydrogen-bond donors (Lipinski definition) is 2. The number of hydrogen-bond acceptors (Lipinski definition) is 7. The average Bonchev–Trinajstić information content (AvgIpc) is 3.04. The Morgan fingerprint density at radius 1 is 1.09 bits per heavy atom. The lowest BCUT2D eigenvalue weighted by Crippen LogP contribution is -2.32. The van der Waals surface area contributed by atoms with Gasteiger partial charge in [-0.25, -0.2) is 0 Å². The highest BCUT2D eigenvalue weighted by molar-refractivity contribution is 6.46. The van der Waals surface area contributed by atoms with Crippen LogP contribution in [0.1, 0.15) is 30.5 Å². The van der Waals surface area contributed by atoms with Gasteiger partial charge in [0.15, 0.2) is 0 Å². The molecule has 33 heavy (non-hydrogen) atoms. The van der Waals surface area contributed by atoms with Gasteiger partial charge in [-0.2, -0.15) is 0 Å². The molecular weight excluding hydrogens is 424 g/mol. The van der Waals surface area contributed by atoms with Gasteiger partial charge in [0.2, 0.25) is 0 Å². The van der Waals surface area contributed by atoms with Crippen LogP contribution in [0, 0.1) is 0 Å². The van der Waals surface area contributed by atoms with Crippen LogP contribution >= 0.6 is 0 Å². The number of carbonyl (C=O) groups is 2. The summed E-state index contributed by atoms with van der Waals surface area (Å²) in [6.07, 6.45) is 0.654. The van der Waals surface area contributed by atoms with Crippen molar-refractivity contribution in [2.75, 3.05) is 40.9 Å². The van der Waals surface area contributed by atoms with E-state index in [0.717, 1.165) is 6.54 Å². The van der Waals surface area contributed by atoms with Crippen LogP contribution in [0.3, 0.4) is 0 Å². The molecule has 1 aliphatic heterocycles. The second-order valence-electron chi connectivity index (χ2n) is 8.03. The van der Waals surface area contributed by atoms with Gasteiger partial charge in [-0.15, -0.1) is 0 Å². The summed E-state index contributed by atoms with van der Waals surface area (Å²) in [5, 5.41) is 21.5. The van der Waals surface area contributed by atoms with Gasteiger partial charge in [-0.05, 0) is 63.8 Å². The Morgan fingerprint density at radius 2 is 1.76 bits per heavy atom. The fraction of sp³-hybridized carbons (Fsp3) is 0.360. The number of aromatic hydroxyl groups is 1. The Morgan fingerprint density at radius 3 is 2.33 bits per heavy atom. The lowest BCUT2D eigenvalue weighted by molar-refractivity contribution is -0.139. The Balaban J connectivity index is 2.09. The quantitative estimate of drug-likeness (QED) is 0.341. The number of likely N-dealkylation sites (tertiary alicyclic amines) is 1. The molecule has 1 fully saturated rings. The standard InChI is InChI=1S/C25H30N2O6/c1-5-33-17-9-7-16(8-10-17)22-21(23(29)19-12-11-18(32-4)15-20(19)28)24(30)25(31)27(22)14-6-13-26(2)3/h7-12,15,22,28-29H,5-6,13-14H2,1-4H3. The smallest absolute Gasteiger partial charge is 0.295 e. The number of aliphatic hydroxyl groups is 1. The highest BCUT2D eigenvalue weighted by Gasteiger charge is 2.46. The van der Waals surface area contributed by atoms with Crippen molar-refractivity contribution in [2.45, 2.75) is 19.4 Å². The zero-order chi connectivity index (χ0) is 24.1. The third-order valence-electron chi connectivity index (χ3n) is 5.51. The summed E-state index contributed by atoms with van der Waals surface area (Å²) < 4.78 is 10.6. The van der Waals surface area contributed by atoms with Crippen molar-refractivity contribution in [3.63, 3.8) is 0 Å². The monoisotopic (exact) mass is 454 g/mol. The predicted molar refractivity (Wildman–Crippen MR) is 124 cm³/mol. The molecule has 2 aromatic carbocycles. The zero-order valence-electron chi connectivity index (χ0n) is 19.4. The van der Waals surface area contributed by atoms with E-state index in [-0.39, 0.29) is 16.9 Å². The summed E-state index contributed by atoms with van der Waals surface area (Å²) in [5.74, 6) is -1.08. The summed E-state index contributed by atoms with van der Waals surface area (Å²) in [4.78, 5) is 29.5. The second kappa shape index (κ2) is 10.4. The molecule has 0 radical (unpaired) electrons. The van der Waals surface area contributed by atoms with E-state index in [2.05, 4.69) is 0 Å². The largest absolute Gasteiger partial charge is 0.507 e. The van der Waals surface area contributed by atoms with E-state index < -0.39 is 23.5 Å². The van der Waals surface area contributed by atoms with Gasteiger partial charge in [0.1, 0.15) is 23.0 Å². The topological polar surface area (TPSA) is 99.5 Å². The summed E-state index contributed by atoms with van der Waals surface area (Å²) >= 11 is 0. The molecule has 0 spiro atoms. The summed E-state index contributed by atoms with van der Waals surface area (Å²) in [6, 6.07) is 10.7. The normalized spacial score (nSPS) is 17.6. The van der Waals surface area contributed by atoms with E-state index in [9.17, 15) is 19.8 Å². The minimum absolute atomic E-state index is 0.0537. The van der Waals surface area contributed by atoms with Crippen LogP contribution < -0.4 is 9.47 Å². The minimum Gasteiger partial charge on any atom is -0.507 e. The number of phenols is 1. The van der Waals surface area contributed by atoms with Crippen molar-refractivity contribution in [2.24, 2.45) is 0 Å².